The molecule has 0 spiro atoms. The van der Waals surface area contributed by atoms with Gasteiger partial charge in [-0.05, 0) is 18.8 Å². The summed E-state index contributed by atoms with van der Waals surface area (Å²) >= 11 is 0. The second-order valence-electron chi connectivity index (χ2n) is 3.50. The van der Waals surface area contributed by atoms with Crippen LogP contribution in [0.4, 0.5) is 0 Å². The Balaban J connectivity index is 2.16. The molecule has 1 saturated carbocycles. The van der Waals surface area contributed by atoms with E-state index >= 15 is 0 Å². The minimum absolute atomic E-state index is 0.273. The predicted molar refractivity (Wildman–Crippen MR) is 38.4 cm³/mol. The summed E-state index contributed by atoms with van der Waals surface area (Å²) in [7, 11) is 0. The maximum absolute atomic E-state index is 11.1. The van der Waals surface area contributed by atoms with Crippen LogP contribution in [0, 0.1) is 11.8 Å². The zero-order valence-corrected chi connectivity index (χ0v) is 6.26. The van der Waals surface area contributed by atoms with Gasteiger partial charge < -0.3 is 5.32 Å². The highest BCUT2D eigenvalue weighted by Gasteiger charge is 2.41. The largest absolute Gasteiger partial charge is 0.353 e. The number of hydrogen-bond donors (Lipinski definition) is 1. The van der Waals surface area contributed by atoms with E-state index in [4.69, 9.17) is 0 Å². The van der Waals surface area contributed by atoms with Crippen LogP contribution in [0.2, 0.25) is 0 Å². The van der Waals surface area contributed by atoms with E-state index in [0.29, 0.717) is 12.0 Å². The molecule has 3 atom stereocenters. The lowest BCUT2D eigenvalue weighted by Crippen LogP contribution is -2.25. The first-order valence-corrected chi connectivity index (χ1v) is 4.09. The van der Waals surface area contributed by atoms with Crippen molar-refractivity contribution in [2.75, 3.05) is 0 Å². The van der Waals surface area contributed by atoms with E-state index in [1.54, 1.807) is 0 Å². The number of carbonyl (C=O) groups excluding carboxylic acids is 1. The van der Waals surface area contributed by atoms with Gasteiger partial charge in [-0.2, -0.15) is 0 Å². The SMILES string of the molecule is CC1C(=O)NC2CCCC21. The molecule has 2 fully saturated rings. The summed E-state index contributed by atoms with van der Waals surface area (Å²) in [5, 5.41) is 3.03. The summed E-state index contributed by atoms with van der Waals surface area (Å²) in [6.45, 7) is 2.05. The fourth-order valence-electron chi connectivity index (χ4n) is 2.28. The molecule has 10 heavy (non-hydrogen) atoms. The quantitative estimate of drug-likeness (QED) is 0.531. The summed E-state index contributed by atoms with van der Waals surface area (Å²) in [5.74, 6) is 1.22. The van der Waals surface area contributed by atoms with Gasteiger partial charge in [-0.1, -0.05) is 13.3 Å². The number of hydrogen-bond acceptors (Lipinski definition) is 1. The topological polar surface area (TPSA) is 29.1 Å². The molecule has 2 nitrogen and oxygen atoms in total. The Labute approximate surface area is 61.0 Å². The number of amides is 1. The Morgan fingerprint density at radius 3 is 3.00 bits per heavy atom. The van der Waals surface area contributed by atoms with E-state index in [0.717, 1.165) is 0 Å². The molecule has 2 rings (SSSR count). The molecule has 1 aliphatic carbocycles. The number of fused-ring (bicyclic) bond motifs is 1. The van der Waals surface area contributed by atoms with E-state index in [9.17, 15) is 4.79 Å². The van der Waals surface area contributed by atoms with Crippen molar-refractivity contribution in [1.29, 1.82) is 0 Å². The van der Waals surface area contributed by atoms with Gasteiger partial charge in [-0.25, -0.2) is 0 Å². The zero-order valence-electron chi connectivity index (χ0n) is 6.26. The first-order valence-electron chi connectivity index (χ1n) is 4.09. The van der Waals surface area contributed by atoms with Gasteiger partial charge in [0.1, 0.15) is 0 Å². The van der Waals surface area contributed by atoms with E-state index in [-0.39, 0.29) is 11.8 Å². The molecule has 0 aromatic heterocycles. The molecule has 2 aliphatic rings. The first kappa shape index (κ1) is 6.20. The third-order valence-electron chi connectivity index (χ3n) is 2.95. The van der Waals surface area contributed by atoms with E-state index in [1.807, 2.05) is 6.92 Å². The third-order valence-corrected chi connectivity index (χ3v) is 2.95. The second kappa shape index (κ2) is 1.97. The molecule has 1 amide bonds. The summed E-state index contributed by atoms with van der Waals surface area (Å²) in [6, 6.07) is 0.530. The fourth-order valence-corrected chi connectivity index (χ4v) is 2.28. The Morgan fingerprint density at radius 1 is 1.50 bits per heavy atom. The van der Waals surface area contributed by atoms with Crippen molar-refractivity contribution in [3.63, 3.8) is 0 Å². The normalized spacial score (nSPS) is 45.3. The first-order chi connectivity index (χ1) is 4.79. The highest BCUT2D eigenvalue weighted by molar-refractivity contribution is 5.81. The highest BCUT2D eigenvalue weighted by atomic mass is 16.2. The predicted octanol–water partition coefficient (Wildman–Crippen LogP) is 0.921. The van der Waals surface area contributed by atoms with Crippen molar-refractivity contribution in [1.82, 2.24) is 5.32 Å². The van der Waals surface area contributed by atoms with Crippen molar-refractivity contribution >= 4 is 5.91 Å². The van der Waals surface area contributed by atoms with Gasteiger partial charge in [-0.15, -0.1) is 0 Å². The number of carbonyl (C=O) groups is 1. The van der Waals surface area contributed by atoms with Crippen LogP contribution in [0.25, 0.3) is 0 Å². The molecule has 0 radical (unpaired) electrons. The van der Waals surface area contributed by atoms with Gasteiger partial charge in [0.15, 0.2) is 0 Å². The third kappa shape index (κ3) is 0.678. The van der Waals surface area contributed by atoms with Gasteiger partial charge >= 0.3 is 0 Å². The zero-order chi connectivity index (χ0) is 7.14. The molecule has 2 heteroatoms. The maximum Gasteiger partial charge on any atom is 0.223 e. The lowest BCUT2D eigenvalue weighted by Gasteiger charge is -2.08. The van der Waals surface area contributed by atoms with Crippen LogP contribution in [-0.4, -0.2) is 11.9 Å². The van der Waals surface area contributed by atoms with Gasteiger partial charge in [0.2, 0.25) is 5.91 Å². The molecule has 1 saturated heterocycles. The Bertz CT molecular complexity index is 167. The van der Waals surface area contributed by atoms with Crippen molar-refractivity contribution in [3.8, 4) is 0 Å². The van der Waals surface area contributed by atoms with Crippen LogP contribution in [0.5, 0.6) is 0 Å². The average molecular weight is 139 g/mol. The van der Waals surface area contributed by atoms with Crippen LogP contribution in [-0.2, 0) is 4.79 Å². The molecule has 0 bridgehead atoms. The van der Waals surface area contributed by atoms with Gasteiger partial charge in [-0.3, -0.25) is 4.79 Å². The van der Waals surface area contributed by atoms with Crippen molar-refractivity contribution in [2.45, 2.75) is 32.2 Å². The minimum Gasteiger partial charge on any atom is -0.353 e. The van der Waals surface area contributed by atoms with Gasteiger partial charge in [0.05, 0.1) is 0 Å². The average Bonchev–Trinajstić information content (AvgIpc) is 2.41. The number of nitrogens with one attached hydrogen (secondary N) is 1. The minimum atomic E-state index is 0.273. The van der Waals surface area contributed by atoms with Crippen molar-refractivity contribution < 1.29 is 4.79 Å². The molecule has 56 valence electrons. The van der Waals surface area contributed by atoms with Crippen LogP contribution in [0.15, 0.2) is 0 Å². The smallest absolute Gasteiger partial charge is 0.223 e. The fraction of sp³-hybridized carbons (Fsp3) is 0.875. The lowest BCUT2D eigenvalue weighted by molar-refractivity contribution is -0.122. The van der Waals surface area contributed by atoms with Crippen molar-refractivity contribution in [2.24, 2.45) is 11.8 Å². The van der Waals surface area contributed by atoms with Gasteiger partial charge in [0, 0.05) is 12.0 Å². The summed E-state index contributed by atoms with van der Waals surface area (Å²) in [5.41, 5.74) is 0. The maximum atomic E-state index is 11.1. The van der Waals surface area contributed by atoms with Crippen LogP contribution >= 0.6 is 0 Å². The summed E-state index contributed by atoms with van der Waals surface area (Å²) in [6.07, 6.45) is 3.77. The standard InChI is InChI=1S/C8H13NO/c1-5-6-3-2-4-7(6)9-8(5)10/h5-7H,2-4H2,1H3,(H,9,10). The Kier molecular flexibility index (Phi) is 1.22. The molecule has 1 heterocycles. The van der Waals surface area contributed by atoms with Crippen LogP contribution < -0.4 is 5.32 Å². The van der Waals surface area contributed by atoms with Crippen LogP contribution in [0.1, 0.15) is 26.2 Å². The molecule has 1 N–H and O–H groups in total. The molecular weight excluding hydrogens is 126 g/mol. The van der Waals surface area contributed by atoms with Crippen LogP contribution in [0.3, 0.4) is 0 Å². The monoisotopic (exact) mass is 139 g/mol. The Morgan fingerprint density at radius 2 is 2.30 bits per heavy atom. The molecule has 0 aromatic carbocycles. The molecular formula is C8H13NO. The van der Waals surface area contributed by atoms with E-state index < -0.39 is 0 Å². The molecule has 1 aliphatic heterocycles. The van der Waals surface area contributed by atoms with E-state index in [1.165, 1.54) is 19.3 Å². The lowest BCUT2D eigenvalue weighted by atomic mass is 9.94. The van der Waals surface area contributed by atoms with E-state index in [2.05, 4.69) is 5.32 Å². The summed E-state index contributed by atoms with van der Waals surface area (Å²) in [4.78, 5) is 11.1. The highest BCUT2D eigenvalue weighted by Crippen LogP contribution is 2.36. The second-order valence-corrected chi connectivity index (χ2v) is 3.50. The Hall–Kier alpha value is -0.530. The van der Waals surface area contributed by atoms with Crippen molar-refractivity contribution in [3.05, 3.63) is 0 Å². The number of rotatable bonds is 0. The molecule has 3 unspecified atom stereocenters. The summed E-state index contributed by atoms with van der Waals surface area (Å²) < 4.78 is 0. The van der Waals surface area contributed by atoms with Gasteiger partial charge in [0.25, 0.3) is 0 Å². The molecule has 0 aromatic rings.